The minimum atomic E-state index is -0.669. The summed E-state index contributed by atoms with van der Waals surface area (Å²) in [5, 5.41) is 0. The summed E-state index contributed by atoms with van der Waals surface area (Å²) in [6, 6.07) is 0. The standard InChI is InChI=1S/C10H19NO3/c1-8(2)7-13-5-6-14-9(12)10(11)3-4-10/h8H,3-7,11H2,1-2H3. The van der Waals surface area contributed by atoms with E-state index < -0.39 is 5.54 Å². The predicted molar refractivity (Wildman–Crippen MR) is 52.8 cm³/mol. The Kier molecular flexibility index (Phi) is 3.89. The molecule has 0 heterocycles. The van der Waals surface area contributed by atoms with Crippen LogP contribution >= 0.6 is 0 Å². The summed E-state index contributed by atoms with van der Waals surface area (Å²) in [6.45, 7) is 5.62. The number of esters is 1. The van der Waals surface area contributed by atoms with E-state index in [4.69, 9.17) is 15.2 Å². The average Bonchev–Trinajstić information content (AvgIpc) is 2.83. The van der Waals surface area contributed by atoms with Crippen LogP contribution in [0.3, 0.4) is 0 Å². The van der Waals surface area contributed by atoms with Crippen molar-refractivity contribution in [3.05, 3.63) is 0 Å². The van der Waals surface area contributed by atoms with Crippen LogP contribution in [0.2, 0.25) is 0 Å². The van der Waals surface area contributed by atoms with Gasteiger partial charge in [-0.15, -0.1) is 0 Å². The van der Waals surface area contributed by atoms with Crippen LogP contribution in [-0.4, -0.2) is 31.3 Å². The molecule has 1 fully saturated rings. The van der Waals surface area contributed by atoms with Gasteiger partial charge in [-0.05, 0) is 18.8 Å². The maximum atomic E-state index is 11.2. The van der Waals surface area contributed by atoms with Gasteiger partial charge in [-0.2, -0.15) is 0 Å². The quantitative estimate of drug-likeness (QED) is 0.507. The molecule has 1 saturated carbocycles. The van der Waals surface area contributed by atoms with Crippen LogP contribution in [0.1, 0.15) is 26.7 Å². The zero-order valence-electron chi connectivity index (χ0n) is 8.91. The average molecular weight is 201 g/mol. The van der Waals surface area contributed by atoms with Crippen LogP contribution in [0.4, 0.5) is 0 Å². The topological polar surface area (TPSA) is 61.5 Å². The van der Waals surface area contributed by atoms with Gasteiger partial charge in [0.1, 0.15) is 12.1 Å². The number of hydrogen-bond donors (Lipinski definition) is 1. The fourth-order valence-electron chi connectivity index (χ4n) is 0.995. The Balaban J connectivity index is 1.96. The molecule has 0 aromatic rings. The van der Waals surface area contributed by atoms with Crippen LogP contribution < -0.4 is 5.73 Å². The summed E-state index contributed by atoms with van der Waals surface area (Å²) in [5.74, 6) is 0.223. The molecular formula is C10H19NO3. The van der Waals surface area contributed by atoms with Gasteiger partial charge < -0.3 is 15.2 Å². The third kappa shape index (κ3) is 3.64. The van der Waals surface area contributed by atoms with E-state index in [1.165, 1.54) is 0 Å². The number of nitrogens with two attached hydrogens (primary N) is 1. The molecule has 0 aromatic carbocycles. The van der Waals surface area contributed by atoms with Gasteiger partial charge in [0.15, 0.2) is 0 Å². The Morgan fingerprint density at radius 1 is 1.43 bits per heavy atom. The lowest BCUT2D eigenvalue weighted by atomic mass is 10.2. The molecule has 82 valence electrons. The summed E-state index contributed by atoms with van der Waals surface area (Å²) in [5.41, 5.74) is 4.97. The smallest absolute Gasteiger partial charge is 0.326 e. The monoisotopic (exact) mass is 201 g/mol. The molecule has 0 radical (unpaired) electrons. The molecule has 0 saturated heterocycles. The first-order valence-electron chi connectivity index (χ1n) is 5.08. The van der Waals surface area contributed by atoms with Crippen LogP contribution in [0.25, 0.3) is 0 Å². The first-order valence-corrected chi connectivity index (χ1v) is 5.08. The van der Waals surface area contributed by atoms with Gasteiger partial charge in [0, 0.05) is 6.61 Å². The summed E-state index contributed by atoms with van der Waals surface area (Å²) in [6.07, 6.45) is 1.50. The summed E-state index contributed by atoms with van der Waals surface area (Å²) < 4.78 is 10.2. The molecule has 0 bridgehead atoms. The van der Waals surface area contributed by atoms with E-state index in [1.807, 2.05) is 0 Å². The highest BCUT2D eigenvalue weighted by atomic mass is 16.6. The molecular weight excluding hydrogens is 182 g/mol. The molecule has 0 spiro atoms. The van der Waals surface area contributed by atoms with Gasteiger partial charge in [-0.25, -0.2) is 0 Å². The van der Waals surface area contributed by atoms with Crippen LogP contribution in [-0.2, 0) is 14.3 Å². The minimum absolute atomic E-state index is 0.286. The number of hydrogen-bond acceptors (Lipinski definition) is 4. The highest BCUT2D eigenvalue weighted by Gasteiger charge is 2.47. The van der Waals surface area contributed by atoms with E-state index >= 15 is 0 Å². The van der Waals surface area contributed by atoms with Crippen LogP contribution in [0.15, 0.2) is 0 Å². The van der Waals surface area contributed by atoms with Crippen molar-refractivity contribution in [1.82, 2.24) is 0 Å². The van der Waals surface area contributed by atoms with Gasteiger partial charge in [0.25, 0.3) is 0 Å². The molecule has 0 unspecified atom stereocenters. The van der Waals surface area contributed by atoms with E-state index in [-0.39, 0.29) is 5.97 Å². The normalized spacial score (nSPS) is 18.3. The maximum absolute atomic E-state index is 11.2. The van der Waals surface area contributed by atoms with Gasteiger partial charge in [0.2, 0.25) is 0 Å². The van der Waals surface area contributed by atoms with Gasteiger partial charge in [0.05, 0.1) is 6.61 Å². The SMILES string of the molecule is CC(C)COCCOC(=O)C1(N)CC1. The molecule has 4 heteroatoms. The Labute approximate surface area is 84.7 Å². The van der Waals surface area contributed by atoms with Gasteiger partial charge in [-0.3, -0.25) is 4.79 Å². The first-order chi connectivity index (χ1) is 6.54. The summed E-state index contributed by atoms with van der Waals surface area (Å²) >= 11 is 0. The van der Waals surface area contributed by atoms with E-state index in [1.54, 1.807) is 0 Å². The third-order valence-electron chi connectivity index (χ3n) is 2.11. The molecule has 14 heavy (non-hydrogen) atoms. The fraction of sp³-hybridized carbons (Fsp3) is 0.900. The van der Waals surface area contributed by atoms with Crippen LogP contribution in [0.5, 0.6) is 0 Å². The van der Waals surface area contributed by atoms with Crippen molar-refractivity contribution in [3.63, 3.8) is 0 Å². The zero-order chi connectivity index (χ0) is 10.6. The molecule has 1 aliphatic rings. The molecule has 0 amide bonds. The fourth-order valence-corrected chi connectivity index (χ4v) is 0.995. The lowest BCUT2D eigenvalue weighted by Crippen LogP contribution is -2.35. The summed E-state index contributed by atoms with van der Waals surface area (Å²) in [7, 11) is 0. The van der Waals surface area contributed by atoms with E-state index in [2.05, 4.69) is 13.8 Å². The van der Waals surface area contributed by atoms with Gasteiger partial charge >= 0.3 is 5.97 Å². The number of rotatable bonds is 6. The highest BCUT2D eigenvalue weighted by molar-refractivity contribution is 5.83. The van der Waals surface area contributed by atoms with Crippen molar-refractivity contribution in [2.75, 3.05) is 19.8 Å². The van der Waals surface area contributed by atoms with E-state index in [0.717, 1.165) is 12.8 Å². The number of carbonyl (C=O) groups is 1. The molecule has 2 N–H and O–H groups in total. The Bertz CT molecular complexity index is 200. The lowest BCUT2D eigenvalue weighted by molar-refractivity contribution is -0.148. The number of carbonyl (C=O) groups excluding carboxylic acids is 1. The predicted octanol–water partition coefficient (Wildman–Crippen LogP) is 0.694. The zero-order valence-corrected chi connectivity index (χ0v) is 8.91. The molecule has 0 aliphatic heterocycles. The lowest BCUT2D eigenvalue weighted by Gasteiger charge is -2.10. The van der Waals surface area contributed by atoms with E-state index in [0.29, 0.717) is 25.7 Å². The van der Waals surface area contributed by atoms with E-state index in [9.17, 15) is 4.79 Å². The van der Waals surface area contributed by atoms with Crippen molar-refractivity contribution >= 4 is 5.97 Å². The van der Waals surface area contributed by atoms with Crippen molar-refractivity contribution in [2.45, 2.75) is 32.2 Å². The van der Waals surface area contributed by atoms with Crippen molar-refractivity contribution < 1.29 is 14.3 Å². The second-order valence-electron chi connectivity index (χ2n) is 4.26. The molecule has 0 aromatic heterocycles. The molecule has 1 rings (SSSR count). The number of ether oxygens (including phenoxy) is 2. The second kappa shape index (κ2) is 4.75. The Morgan fingerprint density at radius 2 is 2.07 bits per heavy atom. The Morgan fingerprint density at radius 3 is 2.57 bits per heavy atom. The molecule has 4 nitrogen and oxygen atoms in total. The minimum Gasteiger partial charge on any atom is -0.462 e. The molecule has 1 aliphatic carbocycles. The Hall–Kier alpha value is -0.610. The summed E-state index contributed by atoms with van der Waals surface area (Å²) in [4.78, 5) is 11.2. The van der Waals surface area contributed by atoms with Crippen molar-refractivity contribution in [1.29, 1.82) is 0 Å². The van der Waals surface area contributed by atoms with Crippen LogP contribution in [0, 0.1) is 5.92 Å². The largest absolute Gasteiger partial charge is 0.462 e. The first kappa shape index (κ1) is 11.5. The third-order valence-corrected chi connectivity index (χ3v) is 2.11. The molecule has 0 atom stereocenters. The maximum Gasteiger partial charge on any atom is 0.326 e. The van der Waals surface area contributed by atoms with Gasteiger partial charge in [-0.1, -0.05) is 13.8 Å². The van der Waals surface area contributed by atoms with Crippen molar-refractivity contribution in [2.24, 2.45) is 11.7 Å². The van der Waals surface area contributed by atoms with Crippen molar-refractivity contribution in [3.8, 4) is 0 Å². The second-order valence-corrected chi connectivity index (χ2v) is 4.26. The highest BCUT2D eigenvalue weighted by Crippen LogP contribution is 2.33.